The molecule has 32 heavy (non-hydrogen) atoms. The molecule has 0 N–H and O–H groups in total. The van der Waals surface area contributed by atoms with Gasteiger partial charge in [-0.05, 0) is 37.5 Å². The van der Waals surface area contributed by atoms with Crippen LogP contribution in [0.4, 0.5) is 11.5 Å². The minimum absolute atomic E-state index is 0.0251. The third kappa shape index (κ3) is 5.81. The van der Waals surface area contributed by atoms with Gasteiger partial charge < -0.3 is 18.8 Å². The van der Waals surface area contributed by atoms with E-state index < -0.39 is 10.9 Å². The fraction of sp³-hybridized carbons (Fsp3) is 0.318. The van der Waals surface area contributed by atoms with Crippen molar-refractivity contribution in [2.75, 3.05) is 32.2 Å². The van der Waals surface area contributed by atoms with E-state index >= 15 is 0 Å². The Morgan fingerprint density at radius 3 is 2.81 bits per heavy atom. The van der Waals surface area contributed by atoms with Crippen LogP contribution in [0.25, 0.3) is 11.5 Å². The fourth-order valence-corrected chi connectivity index (χ4v) is 3.02. The average Bonchev–Trinajstić information content (AvgIpc) is 3.31. The van der Waals surface area contributed by atoms with E-state index in [0.29, 0.717) is 18.1 Å². The third-order valence-electron chi connectivity index (χ3n) is 4.74. The van der Waals surface area contributed by atoms with Gasteiger partial charge in [0.2, 0.25) is 5.89 Å². The van der Waals surface area contributed by atoms with E-state index in [4.69, 9.17) is 9.15 Å². The Morgan fingerprint density at radius 1 is 1.22 bits per heavy atom. The number of para-hydroxylation sites is 2. The van der Waals surface area contributed by atoms with Crippen molar-refractivity contribution in [3.63, 3.8) is 0 Å². The molecule has 0 aliphatic carbocycles. The molecule has 168 valence electrons. The second kappa shape index (κ2) is 10.9. The van der Waals surface area contributed by atoms with Crippen molar-refractivity contribution in [3.05, 3.63) is 64.7 Å². The largest absolute Gasteiger partial charge is 0.487 e. The highest BCUT2D eigenvalue weighted by atomic mass is 16.6. The molecule has 0 fully saturated rings. The summed E-state index contributed by atoms with van der Waals surface area (Å²) < 4.78 is 15.6. The highest BCUT2D eigenvalue weighted by Crippen LogP contribution is 2.26. The van der Waals surface area contributed by atoms with Gasteiger partial charge in [-0.15, -0.1) is 0 Å². The van der Waals surface area contributed by atoms with Gasteiger partial charge in [0.15, 0.2) is 11.4 Å². The summed E-state index contributed by atoms with van der Waals surface area (Å²) >= 11 is 0. The summed E-state index contributed by atoms with van der Waals surface area (Å²) in [6.45, 7) is 1.18. The third-order valence-corrected chi connectivity index (χ3v) is 4.74. The van der Waals surface area contributed by atoms with E-state index in [9.17, 15) is 14.9 Å². The summed E-state index contributed by atoms with van der Waals surface area (Å²) in [5.74, 6) is 0.792. The molecule has 0 bridgehead atoms. The van der Waals surface area contributed by atoms with Crippen molar-refractivity contribution < 1.29 is 23.6 Å². The Morgan fingerprint density at radius 2 is 2.03 bits per heavy atom. The summed E-state index contributed by atoms with van der Waals surface area (Å²) in [7, 11) is 3.22. The fourth-order valence-electron chi connectivity index (χ4n) is 3.02. The molecule has 0 amide bonds. The smallest absolute Gasteiger partial charge is 0.360 e. The molecule has 1 aromatic carbocycles. The number of anilines is 1. The monoisotopic (exact) mass is 440 g/mol. The standard InChI is InChI=1S/C22H24N4O6/c1-25(12-6-3-7-13-31-19-9-5-4-8-18(19)26(28)29)20-14-16(10-11-23-20)21-24-17(15-32-21)22(27)30-2/h4-5,8-11,14-15H,3,6-7,12-13H2,1-2H3. The Kier molecular flexibility index (Phi) is 7.74. The summed E-state index contributed by atoms with van der Waals surface area (Å²) in [5, 5.41) is 11.0. The minimum atomic E-state index is -0.558. The number of nitro benzene ring substituents is 1. The second-order valence-electron chi connectivity index (χ2n) is 6.99. The molecule has 2 aromatic heterocycles. The molecule has 0 saturated heterocycles. The van der Waals surface area contributed by atoms with E-state index in [0.717, 1.165) is 31.6 Å². The first-order valence-corrected chi connectivity index (χ1v) is 10.1. The first-order valence-electron chi connectivity index (χ1n) is 10.1. The molecule has 2 heterocycles. The molecule has 0 saturated carbocycles. The predicted molar refractivity (Wildman–Crippen MR) is 117 cm³/mol. The average molecular weight is 440 g/mol. The van der Waals surface area contributed by atoms with E-state index in [1.165, 1.54) is 19.4 Å². The topological polar surface area (TPSA) is 121 Å². The molecule has 3 aromatic rings. The lowest BCUT2D eigenvalue weighted by molar-refractivity contribution is -0.385. The number of methoxy groups -OCH3 is 1. The number of nitrogens with zero attached hydrogens (tertiary/aromatic N) is 4. The van der Waals surface area contributed by atoms with Gasteiger partial charge in [-0.2, -0.15) is 0 Å². The van der Waals surface area contributed by atoms with Crippen LogP contribution in [0, 0.1) is 10.1 Å². The molecule has 0 atom stereocenters. The van der Waals surface area contributed by atoms with Crippen LogP contribution in [0.5, 0.6) is 5.75 Å². The van der Waals surface area contributed by atoms with Crippen molar-refractivity contribution in [1.82, 2.24) is 9.97 Å². The normalized spacial score (nSPS) is 10.6. The van der Waals surface area contributed by atoms with Crippen LogP contribution in [-0.4, -0.2) is 48.2 Å². The Hall–Kier alpha value is -3.95. The number of aromatic nitrogens is 2. The van der Waals surface area contributed by atoms with E-state index in [2.05, 4.69) is 14.7 Å². The number of nitro groups is 1. The number of benzene rings is 1. The highest BCUT2D eigenvalue weighted by Gasteiger charge is 2.15. The Labute approximate surface area is 185 Å². The molecule has 10 nitrogen and oxygen atoms in total. The number of unbranched alkanes of at least 4 members (excludes halogenated alkanes) is 2. The zero-order chi connectivity index (χ0) is 22.9. The summed E-state index contributed by atoms with van der Waals surface area (Å²) in [4.78, 5) is 32.7. The minimum Gasteiger partial charge on any atom is -0.487 e. The first kappa shape index (κ1) is 22.7. The van der Waals surface area contributed by atoms with Gasteiger partial charge in [0.25, 0.3) is 0 Å². The maximum atomic E-state index is 11.5. The number of pyridine rings is 1. The molecule has 0 radical (unpaired) electrons. The quantitative estimate of drug-likeness (QED) is 0.188. The number of ether oxygens (including phenoxy) is 2. The first-order chi connectivity index (χ1) is 15.5. The number of hydrogen-bond donors (Lipinski definition) is 0. The Balaban J connectivity index is 1.46. The van der Waals surface area contributed by atoms with Gasteiger partial charge in [-0.25, -0.2) is 14.8 Å². The molecule has 0 aliphatic heterocycles. The van der Waals surface area contributed by atoms with Crippen molar-refractivity contribution >= 4 is 17.5 Å². The van der Waals surface area contributed by atoms with Gasteiger partial charge in [-0.3, -0.25) is 10.1 Å². The molecular weight excluding hydrogens is 416 g/mol. The van der Waals surface area contributed by atoms with Gasteiger partial charge in [0.05, 0.1) is 18.6 Å². The van der Waals surface area contributed by atoms with E-state index in [1.807, 2.05) is 18.0 Å². The van der Waals surface area contributed by atoms with Crippen molar-refractivity contribution in [1.29, 1.82) is 0 Å². The van der Waals surface area contributed by atoms with Gasteiger partial charge in [-0.1, -0.05) is 12.1 Å². The number of esters is 1. The van der Waals surface area contributed by atoms with Crippen LogP contribution < -0.4 is 9.64 Å². The maximum absolute atomic E-state index is 11.5. The summed E-state index contributed by atoms with van der Waals surface area (Å²) in [5.41, 5.74) is 0.787. The lowest BCUT2D eigenvalue weighted by Gasteiger charge is -2.18. The molecular formula is C22H24N4O6. The molecule has 0 aliphatic rings. The number of hydrogen-bond acceptors (Lipinski definition) is 9. The number of carbonyl (C=O) groups excluding carboxylic acids is 1. The molecule has 0 spiro atoms. The zero-order valence-electron chi connectivity index (χ0n) is 17.9. The van der Waals surface area contributed by atoms with Crippen molar-refractivity contribution in [3.8, 4) is 17.2 Å². The zero-order valence-corrected chi connectivity index (χ0v) is 17.9. The number of rotatable bonds is 11. The SMILES string of the molecule is COC(=O)c1coc(-c2ccnc(N(C)CCCCCOc3ccccc3[N+](=O)[O-])c2)n1. The number of carbonyl (C=O) groups is 1. The second-order valence-corrected chi connectivity index (χ2v) is 6.99. The van der Waals surface area contributed by atoms with Crippen molar-refractivity contribution in [2.24, 2.45) is 0 Å². The van der Waals surface area contributed by atoms with Crippen LogP contribution in [0.15, 0.2) is 53.3 Å². The Bertz CT molecular complexity index is 1070. The van der Waals surface area contributed by atoms with Gasteiger partial charge in [0, 0.05) is 31.4 Å². The van der Waals surface area contributed by atoms with Crippen LogP contribution in [0.2, 0.25) is 0 Å². The van der Waals surface area contributed by atoms with Crippen LogP contribution in [0.1, 0.15) is 29.8 Å². The molecule has 10 heteroatoms. The molecule has 3 rings (SSSR count). The lowest BCUT2D eigenvalue weighted by atomic mass is 10.2. The summed E-state index contributed by atoms with van der Waals surface area (Å²) in [6.07, 6.45) is 5.49. The van der Waals surface area contributed by atoms with Crippen LogP contribution >= 0.6 is 0 Å². The number of oxazole rings is 1. The lowest BCUT2D eigenvalue weighted by Crippen LogP contribution is -2.19. The maximum Gasteiger partial charge on any atom is 0.360 e. The predicted octanol–water partition coefficient (Wildman–Crippen LogP) is 4.12. The van der Waals surface area contributed by atoms with Crippen LogP contribution in [0.3, 0.4) is 0 Å². The van der Waals surface area contributed by atoms with Gasteiger partial charge >= 0.3 is 11.7 Å². The van der Waals surface area contributed by atoms with Crippen LogP contribution in [-0.2, 0) is 4.74 Å². The molecule has 0 unspecified atom stereocenters. The van der Waals surface area contributed by atoms with Crippen molar-refractivity contribution in [2.45, 2.75) is 19.3 Å². The summed E-state index contributed by atoms with van der Waals surface area (Å²) in [6, 6.07) is 9.96. The van der Waals surface area contributed by atoms with E-state index in [1.54, 1.807) is 30.5 Å². The van der Waals surface area contributed by atoms with Gasteiger partial charge in [0.1, 0.15) is 12.1 Å². The highest BCUT2D eigenvalue weighted by molar-refractivity contribution is 5.87. The van der Waals surface area contributed by atoms with E-state index in [-0.39, 0.29) is 17.1 Å².